The van der Waals surface area contributed by atoms with Gasteiger partial charge in [-0.2, -0.15) is 0 Å². The van der Waals surface area contributed by atoms with Gasteiger partial charge in [0.15, 0.2) is 0 Å². The van der Waals surface area contributed by atoms with Crippen molar-refractivity contribution in [3.05, 3.63) is 64.7 Å². The summed E-state index contributed by atoms with van der Waals surface area (Å²) < 4.78 is 6.05. The zero-order chi connectivity index (χ0) is 17.1. The van der Waals surface area contributed by atoms with Gasteiger partial charge >= 0.3 is 0 Å². The van der Waals surface area contributed by atoms with E-state index in [1.807, 2.05) is 6.07 Å². The first-order valence-corrected chi connectivity index (χ1v) is 8.02. The van der Waals surface area contributed by atoms with Crippen LogP contribution in [0.5, 0.6) is 5.75 Å². The van der Waals surface area contributed by atoms with E-state index >= 15 is 0 Å². The van der Waals surface area contributed by atoms with E-state index in [2.05, 4.69) is 43.3 Å². The van der Waals surface area contributed by atoms with Crippen LogP contribution < -0.4 is 4.74 Å². The molecule has 2 N–H and O–H groups in total. The van der Waals surface area contributed by atoms with Crippen molar-refractivity contribution in [1.29, 1.82) is 0 Å². The topological polar surface area (TPSA) is 49.7 Å². The van der Waals surface area contributed by atoms with E-state index < -0.39 is 0 Å². The molecule has 3 heteroatoms. The molecule has 2 aromatic carbocycles. The third-order valence-electron chi connectivity index (χ3n) is 3.96. The zero-order valence-electron chi connectivity index (χ0n) is 14.4. The van der Waals surface area contributed by atoms with Gasteiger partial charge in [-0.25, -0.2) is 0 Å². The summed E-state index contributed by atoms with van der Waals surface area (Å²) in [6.07, 6.45) is 4.99. The molecule has 0 spiro atoms. The molecule has 1 aliphatic carbocycles. The van der Waals surface area contributed by atoms with Gasteiger partial charge in [0.05, 0.1) is 0 Å². The molecule has 0 atom stereocenters. The van der Waals surface area contributed by atoms with Crippen molar-refractivity contribution in [2.75, 3.05) is 14.2 Å². The SMILES string of the molecule is CO.CO.Cc1ccc(OCc2ccccc2)c2c1CCCC2. The Labute approximate surface area is 139 Å². The summed E-state index contributed by atoms with van der Waals surface area (Å²) in [4.78, 5) is 0. The second-order valence-electron chi connectivity index (χ2n) is 5.32. The lowest BCUT2D eigenvalue weighted by Gasteiger charge is -2.21. The van der Waals surface area contributed by atoms with Crippen molar-refractivity contribution in [3.8, 4) is 5.75 Å². The number of aliphatic hydroxyl groups excluding tert-OH is 2. The summed E-state index contributed by atoms with van der Waals surface area (Å²) in [5.74, 6) is 1.09. The maximum absolute atomic E-state index is 7.00. The molecule has 0 bridgehead atoms. The lowest BCUT2D eigenvalue weighted by atomic mass is 9.88. The molecule has 0 saturated heterocycles. The molecule has 1 aliphatic rings. The molecule has 0 radical (unpaired) electrons. The van der Waals surface area contributed by atoms with E-state index in [1.165, 1.54) is 47.9 Å². The van der Waals surface area contributed by atoms with Gasteiger partial charge in [0.1, 0.15) is 12.4 Å². The van der Waals surface area contributed by atoms with Crippen LogP contribution in [-0.2, 0) is 19.4 Å². The average molecular weight is 316 g/mol. The van der Waals surface area contributed by atoms with Gasteiger partial charge < -0.3 is 14.9 Å². The Morgan fingerprint density at radius 3 is 2.09 bits per heavy atom. The van der Waals surface area contributed by atoms with Gasteiger partial charge in [-0.1, -0.05) is 36.4 Å². The Balaban J connectivity index is 0.000000615. The van der Waals surface area contributed by atoms with Crippen molar-refractivity contribution >= 4 is 0 Å². The number of hydrogen-bond acceptors (Lipinski definition) is 3. The third-order valence-corrected chi connectivity index (χ3v) is 3.96. The Kier molecular flexibility index (Phi) is 9.03. The van der Waals surface area contributed by atoms with Crippen LogP contribution in [0.25, 0.3) is 0 Å². The average Bonchev–Trinajstić information content (AvgIpc) is 2.66. The normalized spacial score (nSPS) is 12.0. The summed E-state index contributed by atoms with van der Waals surface area (Å²) in [5.41, 5.74) is 5.62. The van der Waals surface area contributed by atoms with E-state index in [0.29, 0.717) is 6.61 Å². The molecule has 0 aliphatic heterocycles. The molecule has 0 unspecified atom stereocenters. The van der Waals surface area contributed by atoms with Gasteiger partial charge in [-0.15, -0.1) is 0 Å². The molecule has 3 nitrogen and oxygen atoms in total. The Bertz CT molecular complexity index is 565. The molecule has 23 heavy (non-hydrogen) atoms. The molecule has 0 fully saturated rings. The number of rotatable bonds is 3. The fourth-order valence-electron chi connectivity index (χ4n) is 2.88. The molecule has 0 amide bonds. The highest BCUT2D eigenvalue weighted by Crippen LogP contribution is 2.32. The molecule has 126 valence electrons. The van der Waals surface area contributed by atoms with Crippen LogP contribution in [0.3, 0.4) is 0 Å². The fourth-order valence-corrected chi connectivity index (χ4v) is 2.88. The summed E-state index contributed by atoms with van der Waals surface area (Å²) in [7, 11) is 2.00. The maximum Gasteiger partial charge on any atom is 0.123 e. The van der Waals surface area contributed by atoms with Gasteiger partial charge in [-0.05, 0) is 60.9 Å². The van der Waals surface area contributed by atoms with Crippen molar-refractivity contribution in [2.24, 2.45) is 0 Å². The number of hydrogen-bond donors (Lipinski definition) is 2. The Morgan fingerprint density at radius 2 is 1.43 bits per heavy atom. The van der Waals surface area contributed by atoms with Gasteiger partial charge in [0, 0.05) is 14.2 Å². The highest BCUT2D eigenvalue weighted by atomic mass is 16.5. The predicted octanol–water partition coefficient (Wildman–Crippen LogP) is 3.67. The van der Waals surface area contributed by atoms with Gasteiger partial charge in [0.2, 0.25) is 0 Å². The molecule has 3 rings (SSSR count). The number of aliphatic hydroxyl groups is 2. The molecule has 0 aromatic heterocycles. The molecular formula is C20H28O3. The van der Waals surface area contributed by atoms with Crippen LogP contribution >= 0.6 is 0 Å². The number of fused-ring (bicyclic) bond motifs is 1. The number of ether oxygens (including phenoxy) is 1. The number of aryl methyl sites for hydroxylation is 1. The van der Waals surface area contributed by atoms with Crippen molar-refractivity contribution < 1.29 is 14.9 Å². The van der Waals surface area contributed by atoms with E-state index in [4.69, 9.17) is 14.9 Å². The van der Waals surface area contributed by atoms with E-state index in [0.717, 1.165) is 20.0 Å². The lowest BCUT2D eigenvalue weighted by molar-refractivity contribution is 0.301. The minimum absolute atomic E-state index is 0.663. The van der Waals surface area contributed by atoms with Crippen LogP contribution in [0.2, 0.25) is 0 Å². The smallest absolute Gasteiger partial charge is 0.123 e. The van der Waals surface area contributed by atoms with Gasteiger partial charge in [0.25, 0.3) is 0 Å². The quantitative estimate of drug-likeness (QED) is 0.908. The van der Waals surface area contributed by atoms with E-state index in [-0.39, 0.29) is 0 Å². The summed E-state index contributed by atoms with van der Waals surface area (Å²) in [6.45, 7) is 2.88. The highest BCUT2D eigenvalue weighted by Gasteiger charge is 2.16. The first-order chi connectivity index (χ1) is 11.3. The fraction of sp³-hybridized carbons (Fsp3) is 0.400. The summed E-state index contributed by atoms with van der Waals surface area (Å²) in [5, 5.41) is 14.0. The Hall–Kier alpha value is -1.84. The van der Waals surface area contributed by atoms with Crippen LogP contribution in [0.1, 0.15) is 35.1 Å². The Morgan fingerprint density at radius 1 is 0.826 bits per heavy atom. The third kappa shape index (κ3) is 5.38. The summed E-state index contributed by atoms with van der Waals surface area (Å²) in [6, 6.07) is 14.7. The maximum atomic E-state index is 7.00. The van der Waals surface area contributed by atoms with Crippen LogP contribution in [-0.4, -0.2) is 24.4 Å². The summed E-state index contributed by atoms with van der Waals surface area (Å²) >= 11 is 0. The second kappa shape index (κ2) is 10.8. The monoisotopic (exact) mass is 316 g/mol. The second-order valence-corrected chi connectivity index (χ2v) is 5.32. The van der Waals surface area contributed by atoms with Crippen molar-refractivity contribution in [1.82, 2.24) is 0 Å². The molecular weight excluding hydrogens is 288 g/mol. The first-order valence-electron chi connectivity index (χ1n) is 8.02. The predicted molar refractivity (Wildman–Crippen MR) is 94.9 cm³/mol. The lowest BCUT2D eigenvalue weighted by Crippen LogP contribution is -2.08. The van der Waals surface area contributed by atoms with Crippen LogP contribution in [0, 0.1) is 6.92 Å². The molecule has 2 aromatic rings. The first kappa shape index (κ1) is 19.2. The zero-order valence-corrected chi connectivity index (χ0v) is 14.4. The van der Waals surface area contributed by atoms with Crippen LogP contribution in [0.15, 0.2) is 42.5 Å². The van der Waals surface area contributed by atoms with Crippen LogP contribution in [0.4, 0.5) is 0 Å². The van der Waals surface area contributed by atoms with Crippen molar-refractivity contribution in [2.45, 2.75) is 39.2 Å². The largest absolute Gasteiger partial charge is 0.489 e. The minimum Gasteiger partial charge on any atom is -0.489 e. The minimum atomic E-state index is 0.663. The van der Waals surface area contributed by atoms with Gasteiger partial charge in [-0.3, -0.25) is 0 Å². The highest BCUT2D eigenvalue weighted by molar-refractivity contribution is 5.46. The molecule has 0 heterocycles. The van der Waals surface area contributed by atoms with E-state index in [1.54, 1.807) is 0 Å². The van der Waals surface area contributed by atoms with Crippen molar-refractivity contribution in [3.63, 3.8) is 0 Å². The number of benzene rings is 2. The molecule has 0 saturated carbocycles. The standard InChI is InChI=1S/C18H20O.2CH4O/c1-14-11-12-18(17-10-6-5-9-16(14)17)19-13-15-7-3-2-4-8-15;2*1-2/h2-4,7-8,11-12H,5-6,9-10,13H2,1H3;2*2H,1H3. The van der Waals surface area contributed by atoms with E-state index in [9.17, 15) is 0 Å².